The van der Waals surface area contributed by atoms with Gasteiger partial charge < -0.3 is 23.5 Å². The number of hydrogen-bond acceptors (Lipinski definition) is 9. The van der Waals surface area contributed by atoms with Crippen LogP contribution in [0.25, 0.3) is 0 Å². The van der Waals surface area contributed by atoms with Crippen LogP contribution in [0.3, 0.4) is 0 Å². The van der Waals surface area contributed by atoms with E-state index in [0.717, 1.165) is 0 Å². The predicted molar refractivity (Wildman–Crippen MR) is 95.4 cm³/mol. The molecule has 2 aliphatic rings. The van der Waals surface area contributed by atoms with E-state index in [4.69, 9.17) is 28.0 Å². The molecule has 0 bridgehead atoms. The summed E-state index contributed by atoms with van der Waals surface area (Å²) in [6.07, 6.45) is -3.05. The number of ether oxygens (including phenoxy) is 4. The summed E-state index contributed by atoms with van der Waals surface area (Å²) in [6, 6.07) is 10.4. The van der Waals surface area contributed by atoms with Crippen LogP contribution in [0.1, 0.15) is 24.2 Å². The van der Waals surface area contributed by atoms with Gasteiger partial charge in [0.05, 0.1) is 5.56 Å². The number of fused-ring (bicyclic) bond motifs is 1. The fourth-order valence-corrected chi connectivity index (χ4v) is 4.00. The maximum atomic E-state index is 12.5. The van der Waals surface area contributed by atoms with Crippen molar-refractivity contribution in [1.82, 2.24) is 0 Å². The van der Waals surface area contributed by atoms with E-state index in [9.17, 15) is 14.6 Å². The smallest absolute Gasteiger partial charge is 0.338 e. The highest BCUT2D eigenvalue weighted by Gasteiger charge is 2.67. The number of esters is 1. The van der Waals surface area contributed by atoms with Crippen LogP contribution in [0, 0.1) is 11.3 Å². The lowest BCUT2D eigenvalue weighted by Crippen LogP contribution is -2.51. The van der Waals surface area contributed by atoms with Crippen molar-refractivity contribution in [1.29, 1.82) is 5.26 Å². The molecule has 28 heavy (non-hydrogen) atoms. The number of hydrogen-bond donors (Lipinski definition) is 0. The molecule has 152 valence electrons. The molecule has 1 unspecified atom stereocenters. The highest BCUT2D eigenvalue weighted by molar-refractivity contribution is 7.53. The van der Waals surface area contributed by atoms with Crippen LogP contribution in [-0.4, -0.2) is 56.2 Å². The third-order valence-corrected chi connectivity index (χ3v) is 5.75. The Morgan fingerprint density at radius 3 is 2.57 bits per heavy atom. The van der Waals surface area contributed by atoms with Crippen LogP contribution in [0.5, 0.6) is 0 Å². The lowest BCUT2D eigenvalue weighted by Gasteiger charge is -2.33. The van der Waals surface area contributed by atoms with Gasteiger partial charge in [-0.2, -0.15) is 5.26 Å². The highest BCUT2D eigenvalue weighted by atomic mass is 31.2. The molecule has 10 heteroatoms. The predicted octanol–water partition coefficient (Wildman–Crippen LogP) is 2.47. The molecule has 2 heterocycles. The van der Waals surface area contributed by atoms with Gasteiger partial charge in [-0.05, 0) is 26.0 Å². The largest absolute Gasteiger partial charge is 0.459 e. The van der Waals surface area contributed by atoms with Gasteiger partial charge in [-0.15, -0.1) is 0 Å². The van der Waals surface area contributed by atoms with Crippen molar-refractivity contribution in [3.05, 3.63) is 35.9 Å². The van der Waals surface area contributed by atoms with Gasteiger partial charge in [0.2, 0.25) is 5.60 Å². The van der Waals surface area contributed by atoms with Crippen LogP contribution >= 0.6 is 7.60 Å². The second-order valence-electron chi connectivity index (χ2n) is 6.96. The van der Waals surface area contributed by atoms with Crippen molar-refractivity contribution < 1.29 is 37.4 Å². The Hall–Kier alpha value is -1.79. The SMILES string of the molecule is COP(C)(=O)O[C@]1(C#N)[C@@H](COC(=O)c2ccccc2)O[C@@H]2OC(C)(C)O[C@@H]21. The summed E-state index contributed by atoms with van der Waals surface area (Å²) in [5.74, 6) is -1.63. The number of benzene rings is 1. The van der Waals surface area contributed by atoms with Crippen LogP contribution in [0.4, 0.5) is 0 Å². The van der Waals surface area contributed by atoms with Gasteiger partial charge in [0.15, 0.2) is 18.2 Å². The van der Waals surface area contributed by atoms with Crippen LogP contribution < -0.4 is 0 Å². The fraction of sp³-hybridized carbons (Fsp3) is 0.556. The number of nitrogens with zero attached hydrogens (tertiary/aromatic N) is 1. The third kappa shape index (κ3) is 3.98. The molecule has 1 aromatic carbocycles. The maximum Gasteiger partial charge on any atom is 0.338 e. The monoisotopic (exact) mass is 411 g/mol. The topological polar surface area (TPSA) is 113 Å². The van der Waals surface area contributed by atoms with Crippen molar-refractivity contribution in [3.63, 3.8) is 0 Å². The molecule has 2 aliphatic heterocycles. The molecule has 5 atom stereocenters. The summed E-state index contributed by atoms with van der Waals surface area (Å²) in [7, 11) is -2.41. The molecule has 0 aromatic heterocycles. The third-order valence-electron chi connectivity index (χ3n) is 4.46. The molecule has 0 spiro atoms. The van der Waals surface area contributed by atoms with Gasteiger partial charge in [-0.3, -0.25) is 9.09 Å². The number of rotatable bonds is 6. The Morgan fingerprint density at radius 1 is 1.29 bits per heavy atom. The molecule has 9 nitrogen and oxygen atoms in total. The Labute approximate surface area is 162 Å². The normalized spacial score (nSPS) is 32.9. The zero-order valence-corrected chi connectivity index (χ0v) is 16.9. The van der Waals surface area contributed by atoms with Gasteiger partial charge >= 0.3 is 13.6 Å². The molecule has 0 aliphatic carbocycles. The molecule has 3 rings (SSSR count). The van der Waals surface area contributed by atoms with Gasteiger partial charge in [0.1, 0.15) is 18.8 Å². The van der Waals surface area contributed by atoms with E-state index in [-0.39, 0.29) is 6.61 Å². The van der Waals surface area contributed by atoms with E-state index < -0.39 is 43.5 Å². The molecule has 0 radical (unpaired) electrons. The molecule has 0 amide bonds. The average Bonchev–Trinajstić information content (AvgIpc) is 3.11. The van der Waals surface area contributed by atoms with Crippen molar-refractivity contribution in [2.45, 2.75) is 43.7 Å². The molecule has 2 fully saturated rings. The minimum Gasteiger partial charge on any atom is -0.459 e. The fourth-order valence-electron chi connectivity index (χ4n) is 3.12. The molecule has 0 saturated carbocycles. The molecular weight excluding hydrogens is 389 g/mol. The number of carbonyl (C=O) groups is 1. The van der Waals surface area contributed by atoms with Crippen LogP contribution in [0.2, 0.25) is 0 Å². The summed E-state index contributed by atoms with van der Waals surface area (Å²) in [6.45, 7) is 4.21. The second kappa shape index (κ2) is 7.56. The summed E-state index contributed by atoms with van der Waals surface area (Å²) in [5, 5.41) is 9.94. The van der Waals surface area contributed by atoms with Crippen LogP contribution in [-0.2, 0) is 32.6 Å². The Balaban J connectivity index is 1.83. The van der Waals surface area contributed by atoms with Crippen molar-refractivity contribution in [2.75, 3.05) is 20.4 Å². The molecule has 2 saturated heterocycles. The quantitative estimate of drug-likeness (QED) is 0.514. The summed E-state index contributed by atoms with van der Waals surface area (Å²) < 4.78 is 45.5. The second-order valence-corrected chi connectivity index (χ2v) is 9.05. The van der Waals surface area contributed by atoms with Gasteiger partial charge in [0, 0.05) is 13.8 Å². The first-order chi connectivity index (χ1) is 13.1. The summed E-state index contributed by atoms with van der Waals surface area (Å²) in [4.78, 5) is 12.2. The molecule has 0 N–H and O–H groups in total. The van der Waals surface area contributed by atoms with E-state index in [1.165, 1.54) is 13.8 Å². The van der Waals surface area contributed by atoms with E-state index >= 15 is 0 Å². The first-order valence-electron chi connectivity index (χ1n) is 8.61. The highest BCUT2D eigenvalue weighted by Crippen LogP contribution is 2.54. The Kier molecular flexibility index (Phi) is 5.65. The van der Waals surface area contributed by atoms with Gasteiger partial charge in [-0.1, -0.05) is 18.2 Å². The first kappa shape index (κ1) is 20.9. The lowest BCUT2D eigenvalue weighted by atomic mass is 9.94. The molecule has 1 aromatic rings. The van der Waals surface area contributed by atoms with Crippen molar-refractivity contribution in [3.8, 4) is 6.07 Å². The van der Waals surface area contributed by atoms with Crippen molar-refractivity contribution >= 4 is 13.6 Å². The van der Waals surface area contributed by atoms with E-state index in [1.807, 2.05) is 6.07 Å². The Morgan fingerprint density at radius 2 is 1.96 bits per heavy atom. The zero-order chi connectivity index (χ0) is 20.6. The summed E-state index contributed by atoms with van der Waals surface area (Å²) in [5.41, 5.74) is -1.51. The van der Waals surface area contributed by atoms with E-state index in [2.05, 4.69) is 0 Å². The van der Waals surface area contributed by atoms with E-state index in [0.29, 0.717) is 5.56 Å². The van der Waals surface area contributed by atoms with Gasteiger partial charge in [-0.25, -0.2) is 4.79 Å². The lowest BCUT2D eigenvalue weighted by molar-refractivity contribution is -0.223. The average molecular weight is 411 g/mol. The number of carbonyl (C=O) groups excluding carboxylic acids is 1. The zero-order valence-electron chi connectivity index (χ0n) is 16.0. The van der Waals surface area contributed by atoms with Gasteiger partial charge in [0.25, 0.3) is 0 Å². The minimum atomic E-state index is -3.62. The molecular formula is C18H22NO8P. The maximum absolute atomic E-state index is 12.5. The van der Waals surface area contributed by atoms with Crippen LogP contribution in [0.15, 0.2) is 30.3 Å². The standard InChI is InChI=1S/C18H22NO8P/c1-17(2)25-14-16(26-17)24-13(18(14,11-19)27-28(4,21)22-3)10-23-15(20)12-8-6-5-7-9-12/h5-9,13-14,16H,10H2,1-4H3/t13-,14+,16-,18-,28?/m1/s1. The summed E-state index contributed by atoms with van der Waals surface area (Å²) >= 11 is 0. The number of nitriles is 1. The Bertz CT molecular complexity index is 823. The van der Waals surface area contributed by atoms with E-state index in [1.54, 1.807) is 44.2 Å². The first-order valence-corrected chi connectivity index (χ1v) is 10.6. The van der Waals surface area contributed by atoms with Crippen molar-refractivity contribution in [2.24, 2.45) is 0 Å². The minimum absolute atomic E-state index is 0.328.